The molecular formula is C44H49F3N6O5S. The van der Waals surface area contributed by atoms with Gasteiger partial charge in [-0.2, -0.15) is 18.4 Å². The summed E-state index contributed by atoms with van der Waals surface area (Å²) in [5.41, 5.74) is 0.373. The summed E-state index contributed by atoms with van der Waals surface area (Å²) in [5, 5.41) is 11.7. The van der Waals surface area contributed by atoms with Crippen molar-refractivity contribution >= 4 is 52.2 Å². The molecule has 3 fully saturated rings. The number of nitrogens with one attached hydrogen (secondary N) is 1. The zero-order chi connectivity index (χ0) is 42.8. The van der Waals surface area contributed by atoms with Crippen LogP contribution in [0.25, 0.3) is 0 Å². The van der Waals surface area contributed by atoms with Gasteiger partial charge in [0.15, 0.2) is 10.9 Å². The van der Waals surface area contributed by atoms with Crippen molar-refractivity contribution in [3.05, 3.63) is 88.5 Å². The van der Waals surface area contributed by atoms with Crippen LogP contribution in [0, 0.1) is 17.2 Å². The summed E-state index contributed by atoms with van der Waals surface area (Å²) in [5.74, 6) is -0.427. The number of imide groups is 1. The smallest absolute Gasteiger partial charge is 0.417 e. The first-order valence-electron chi connectivity index (χ1n) is 19.9. The number of thiocarbonyl (C=S) groups is 1. The largest absolute Gasteiger partial charge is 0.492 e. The Kier molecular flexibility index (Phi) is 12.9. The number of piperidine rings is 1. The van der Waals surface area contributed by atoms with Crippen LogP contribution >= 0.6 is 12.2 Å². The molecule has 0 aromatic heterocycles. The molecule has 312 valence electrons. The van der Waals surface area contributed by atoms with Crippen molar-refractivity contribution in [3.63, 3.8) is 0 Å². The van der Waals surface area contributed by atoms with Crippen LogP contribution in [-0.2, 0) is 44.6 Å². The number of ether oxygens (including phenoxy) is 1. The quantitative estimate of drug-likeness (QED) is 0.157. The first-order valence-corrected chi connectivity index (χ1v) is 20.3. The van der Waals surface area contributed by atoms with Gasteiger partial charge in [-0.25, -0.2) is 0 Å². The lowest BCUT2D eigenvalue weighted by Crippen LogP contribution is -2.58. The molecule has 3 aliphatic heterocycles. The summed E-state index contributed by atoms with van der Waals surface area (Å²) in [6, 6.07) is 18.2. The second-order valence-electron chi connectivity index (χ2n) is 16.2. The van der Waals surface area contributed by atoms with Gasteiger partial charge in [0.05, 0.1) is 29.4 Å². The third-order valence-electron chi connectivity index (χ3n) is 11.5. The van der Waals surface area contributed by atoms with Crippen molar-refractivity contribution in [3.8, 4) is 11.8 Å². The van der Waals surface area contributed by atoms with E-state index in [2.05, 4.69) is 29.0 Å². The summed E-state index contributed by atoms with van der Waals surface area (Å²) in [6.07, 6.45) is -2.50. The van der Waals surface area contributed by atoms with Crippen LogP contribution in [-0.4, -0.2) is 88.8 Å². The molecule has 3 heterocycles. The number of benzene rings is 3. The Morgan fingerprint density at radius 1 is 1.00 bits per heavy atom. The van der Waals surface area contributed by atoms with Crippen LogP contribution in [0.1, 0.15) is 75.3 Å². The van der Waals surface area contributed by atoms with Gasteiger partial charge in [0.1, 0.15) is 17.9 Å². The zero-order valence-electron chi connectivity index (χ0n) is 33.9. The molecular weight excluding hydrogens is 782 g/mol. The number of nitriles is 1. The third kappa shape index (κ3) is 9.51. The summed E-state index contributed by atoms with van der Waals surface area (Å²) >= 11 is 5.73. The van der Waals surface area contributed by atoms with E-state index in [0.29, 0.717) is 63.2 Å². The molecule has 0 aliphatic carbocycles. The monoisotopic (exact) mass is 830 g/mol. The first-order chi connectivity index (χ1) is 27.9. The molecule has 3 aromatic carbocycles. The molecule has 0 radical (unpaired) electrons. The van der Waals surface area contributed by atoms with Gasteiger partial charge < -0.3 is 9.64 Å². The van der Waals surface area contributed by atoms with Gasteiger partial charge in [0, 0.05) is 56.2 Å². The highest BCUT2D eigenvalue weighted by Gasteiger charge is 2.51. The summed E-state index contributed by atoms with van der Waals surface area (Å²) in [4.78, 5) is 58.1. The van der Waals surface area contributed by atoms with Crippen LogP contribution in [0.2, 0.25) is 0 Å². The second kappa shape index (κ2) is 17.6. The van der Waals surface area contributed by atoms with Gasteiger partial charge in [0.2, 0.25) is 11.8 Å². The van der Waals surface area contributed by atoms with E-state index in [1.165, 1.54) is 6.07 Å². The average Bonchev–Trinajstić information content (AvgIpc) is 3.35. The standard InChI is InChI=1S/C44H49F3N6O5S/c1-6-31-21-35(53-42(59)52(41(57)43(53,4)5)34-12-10-33(23-48)37(22-34)44(45,46)47)13-14-38(31)58-17-16-50-24-27(2)51(28(3)25-50)26-36(54)20-30-9-7-8-29(18-30)19-32-11-15-39(55)49-40(32)56/h7-10,12-14,18,21-22,27-28,32H,6,11,15-17,19-20,24-26H2,1-5H3,(H,49,55,56)/t27-,28-,32?/m0/s1. The molecule has 3 amide bonds. The molecule has 3 aromatic rings. The van der Waals surface area contributed by atoms with Crippen molar-refractivity contribution < 1.29 is 37.1 Å². The maximum atomic E-state index is 13.8. The number of hydrogen-bond acceptors (Lipinski definition) is 9. The Morgan fingerprint density at radius 3 is 2.36 bits per heavy atom. The van der Waals surface area contributed by atoms with Gasteiger partial charge in [-0.15, -0.1) is 0 Å². The van der Waals surface area contributed by atoms with E-state index < -0.39 is 28.7 Å². The number of carbonyl (C=O) groups excluding carboxylic acids is 4. The van der Waals surface area contributed by atoms with Gasteiger partial charge in [0.25, 0.3) is 5.91 Å². The number of piperazine rings is 1. The molecule has 11 nitrogen and oxygen atoms in total. The number of anilines is 2. The lowest BCUT2D eigenvalue weighted by Gasteiger charge is -2.44. The molecule has 3 atom stereocenters. The Bertz CT molecular complexity index is 2180. The van der Waals surface area contributed by atoms with Gasteiger partial charge in [-0.1, -0.05) is 31.2 Å². The van der Waals surface area contributed by atoms with E-state index in [-0.39, 0.29) is 46.4 Å². The summed E-state index contributed by atoms with van der Waals surface area (Å²) in [6.45, 7) is 12.5. The molecule has 3 aliphatic rings. The molecule has 0 bridgehead atoms. The molecule has 6 rings (SSSR count). The van der Waals surface area contributed by atoms with Crippen molar-refractivity contribution in [1.82, 2.24) is 15.1 Å². The van der Waals surface area contributed by atoms with Gasteiger partial charge in [-0.3, -0.25) is 39.2 Å². The van der Waals surface area contributed by atoms with E-state index in [0.717, 1.165) is 46.8 Å². The number of alkyl halides is 3. The minimum Gasteiger partial charge on any atom is -0.492 e. The van der Waals surface area contributed by atoms with Crippen LogP contribution in [0.15, 0.2) is 60.7 Å². The second-order valence-corrected chi connectivity index (χ2v) is 16.5. The Hall–Kier alpha value is -5.17. The van der Waals surface area contributed by atoms with E-state index >= 15 is 0 Å². The third-order valence-corrected chi connectivity index (χ3v) is 11.8. The van der Waals surface area contributed by atoms with Gasteiger partial charge >= 0.3 is 6.18 Å². The predicted molar refractivity (Wildman–Crippen MR) is 221 cm³/mol. The Morgan fingerprint density at radius 2 is 1.69 bits per heavy atom. The number of halogens is 3. The maximum absolute atomic E-state index is 13.8. The number of amides is 3. The van der Waals surface area contributed by atoms with Gasteiger partial charge in [-0.05, 0) is 112 Å². The van der Waals surface area contributed by atoms with Crippen LogP contribution in [0.5, 0.6) is 5.75 Å². The summed E-state index contributed by atoms with van der Waals surface area (Å²) < 4.78 is 47.7. The number of nitrogens with zero attached hydrogens (tertiary/aromatic N) is 5. The van der Waals surface area contributed by atoms with E-state index in [9.17, 15) is 37.6 Å². The minimum atomic E-state index is -4.79. The highest BCUT2D eigenvalue weighted by atomic mass is 32.1. The van der Waals surface area contributed by atoms with Crippen LogP contribution in [0.4, 0.5) is 24.5 Å². The fourth-order valence-electron chi connectivity index (χ4n) is 8.40. The normalized spacial score (nSPS) is 21.4. The molecule has 1 N–H and O–H groups in total. The molecule has 1 unspecified atom stereocenters. The summed E-state index contributed by atoms with van der Waals surface area (Å²) in [7, 11) is 0. The van der Waals surface area contributed by atoms with Crippen molar-refractivity contribution in [2.45, 2.75) is 90.5 Å². The number of rotatable bonds is 13. The molecule has 15 heteroatoms. The lowest BCUT2D eigenvalue weighted by atomic mass is 9.90. The van der Waals surface area contributed by atoms with Crippen molar-refractivity contribution in [2.24, 2.45) is 5.92 Å². The molecule has 0 spiro atoms. The fraction of sp³-hybridized carbons (Fsp3) is 0.455. The maximum Gasteiger partial charge on any atom is 0.417 e. The molecule has 0 saturated carbocycles. The highest BCUT2D eigenvalue weighted by molar-refractivity contribution is 7.81. The van der Waals surface area contributed by atoms with Crippen molar-refractivity contribution in [1.29, 1.82) is 5.26 Å². The molecule has 3 saturated heterocycles. The van der Waals surface area contributed by atoms with Crippen LogP contribution in [0.3, 0.4) is 0 Å². The Labute approximate surface area is 348 Å². The van der Waals surface area contributed by atoms with E-state index in [4.69, 9.17) is 17.0 Å². The number of Topliss-reactive ketones (excluding diaryl/α,β-unsaturated/α-hetero) is 1. The van der Waals surface area contributed by atoms with Crippen LogP contribution < -0.4 is 19.9 Å². The number of carbonyl (C=O) groups is 4. The number of ketones is 1. The topological polar surface area (TPSA) is 126 Å². The average molecular weight is 831 g/mol. The first kappa shape index (κ1) is 43.4. The number of hydrogen-bond donors (Lipinski definition) is 1. The zero-order valence-corrected chi connectivity index (χ0v) is 34.7. The fourth-order valence-corrected chi connectivity index (χ4v) is 8.92. The SMILES string of the molecule is CCc1cc(N2C(=S)N(c3ccc(C#N)c(C(F)(F)F)c3)C(=O)C2(C)C)ccc1OCCN1C[C@H](C)N(CC(=O)Cc2cccc(CC3CCC(=O)NC3=O)c2)[C@@H](C)C1. The van der Waals surface area contributed by atoms with E-state index in [1.54, 1.807) is 30.9 Å². The van der Waals surface area contributed by atoms with E-state index in [1.807, 2.05) is 43.3 Å². The predicted octanol–water partition coefficient (Wildman–Crippen LogP) is 6.24. The lowest BCUT2D eigenvalue weighted by molar-refractivity contribution is -0.138. The van der Waals surface area contributed by atoms with Crippen molar-refractivity contribution in [2.75, 3.05) is 42.6 Å². The Balaban J connectivity index is 1.03. The minimum absolute atomic E-state index is 0.0221. The number of aryl methyl sites for hydroxylation is 1. The molecule has 59 heavy (non-hydrogen) atoms. The highest BCUT2D eigenvalue weighted by Crippen LogP contribution is 2.40.